The van der Waals surface area contributed by atoms with E-state index in [1.807, 2.05) is 0 Å². The number of rotatable bonds is 5. The molecule has 0 unspecified atom stereocenters. The lowest BCUT2D eigenvalue weighted by atomic mass is 9.87. The average Bonchev–Trinajstić information content (AvgIpc) is 2.24. The number of nitrogens with zero attached hydrogens (tertiary/aromatic N) is 1. The summed E-state index contributed by atoms with van der Waals surface area (Å²) in [5, 5.41) is 12.2. The van der Waals surface area contributed by atoms with Gasteiger partial charge in [0.15, 0.2) is 0 Å². The lowest BCUT2D eigenvalue weighted by Gasteiger charge is -2.26. The van der Waals surface area contributed by atoms with Crippen molar-refractivity contribution in [1.82, 2.24) is 0 Å². The molecule has 2 heteroatoms. The molecule has 0 heterocycles. The molecule has 0 aliphatic carbocycles. The summed E-state index contributed by atoms with van der Waals surface area (Å²) in [5.41, 5.74) is 5.29. The number of aryl methyl sites for hydroxylation is 3. The number of anilines is 1. The van der Waals surface area contributed by atoms with Crippen LogP contribution in [0.2, 0.25) is 0 Å². The van der Waals surface area contributed by atoms with E-state index in [4.69, 9.17) is 5.26 Å². The standard InChI is InChI=1S/C16H24N2/c1-12-9-13(2)15(14(3)10-12)18-11-16(4,5)7-6-8-17/h9-10,18H,6-7,11H2,1-5H3. The van der Waals surface area contributed by atoms with Gasteiger partial charge in [0.05, 0.1) is 6.07 Å². The first-order valence-electron chi connectivity index (χ1n) is 6.54. The quantitative estimate of drug-likeness (QED) is 0.835. The van der Waals surface area contributed by atoms with E-state index < -0.39 is 0 Å². The van der Waals surface area contributed by atoms with Crippen LogP contribution in [0.4, 0.5) is 5.69 Å². The SMILES string of the molecule is Cc1cc(C)c(NCC(C)(C)CCC#N)c(C)c1. The minimum absolute atomic E-state index is 0.152. The van der Waals surface area contributed by atoms with Gasteiger partial charge in [-0.15, -0.1) is 0 Å². The number of nitriles is 1. The molecule has 0 aliphatic heterocycles. The van der Waals surface area contributed by atoms with Crippen LogP contribution in [0.25, 0.3) is 0 Å². The van der Waals surface area contributed by atoms with Gasteiger partial charge < -0.3 is 5.32 Å². The van der Waals surface area contributed by atoms with Crippen LogP contribution in [0.1, 0.15) is 43.4 Å². The van der Waals surface area contributed by atoms with Crippen LogP contribution in [0.15, 0.2) is 12.1 Å². The lowest BCUT2D eigenvalue weighted by molar-refractivity contribution is 0.363. The fraction of sp³-hybridized carbons (Fsp3) is 0.562. The second-order valence-electron chi connectivity index (χ2n) is 5.95. The maximum atomic E-state index is 8.66. The normalized spacial score (nSPS) is 11.1. The van der Waals surface area contributed by atoms with Crippen LogP contribution in [-0.2, 0) is 0 Å². The molecular formula is C16H24N2. The fourth-order valence-electron chi connectivity index (χ4n) is 2.27. The Morgan fingerprint density at radius 3 is 2.22 bits per heavy atom. The lowest BCUT2D eigenvalue weighted by Crippen LogP contribution is -2.23. The number of hydrogen-bond acceptors (Lipinski definition) is 2. The first kappa shape index (κ1) is 14.6. The van der Waals surface area contributed by atoms with Crippen LogP contribution in [0.5, 0.6) is 0 Å². The molecule has 0 bridgehead atoms. The van der Waals surface area contributed by atoms with Crippen molar-refractivity contribution >= 4 is 5.69 Å². The minimum atomic E-state index is 0.152. The van der Waals surface area contributed by atoms with E-state index >= 15 is 0 Å². The van der Waals surface area contributed by atoms with E-state index in [1.165, 1.54) is 22.4 Å². The molecule has 0 aliphatic rings. The summed E-state index contributed by atoms with van der Waals surface area (Å²) in [6.07, 6.45) is 1.56. The second-order valence-corrected chi connectivity index (χ2v) is 5.95. The number of benzene rings is 1. The number of hydrogen-bond donors (Lipinski definition) is 1. The van der Waals surface area contributed by atoms with Gasteiger partial charge in [0.2, 0.25) is 0 Å². The highest BCUT2D eigenvalue weighted by atomic mass is 14.9. The van der Waals surface area contributed by atoms with E-state index in [0.29, 0.717) is 6.42 Å². The molecule has 2 nitrogen and oxygen atoms in total. The fourth-order valence-corrected chi connectivity index (χ4v) is 2.27. The van der Waals surface area contributed by atoms with Gasteiger partial charge in [-0.25, -0.2) is 0 Å². The van der Waals surface area contributed by atoms with Crippen molar-refractivity contribution in [3.05, 3.63) is 28.8 Å². The zero-order chi connectivity index (χ0) is 13.8. The predicted molar refractivity (Wildman–Crippen MR) is 77.8 cm³/mol. The van der Waals surface area contributed by atoms with Gasteiger partial charge in [-0.3, -0.25) is 0 Å². The highest BCUT2D eigenvalue weighted by molar-refractivity contribution is 5.58. The molecule has 0 amide bonds. The summed E-state index contributed by atoms with van der Waals surface area (Å²) in [4.78, 5) is 0. The van der Waals surface area contributed by atoms with Crippen molar-refractivity contribution in [2.75, 3.05) is 11.9 Å². The third kappa shape index (κ3) is 4.07. The maximum absolute atomic E-state index is 8.66. The van der Waals surface area contributed by atoms with Gasteiger partial charge in [0.1, 0.15) is 0 Å². The van der Waals surface area contributed by atoms with Crippen molar-refractivity contribution in [3.63, 3.8) is 0 Å². The smallest absolute Gasteiger partial charge is 0.0621 e. The van der Waals surface area contributed by atoms with Crippen molar-refractivity contribution in [2.45, 2.75) is 47.5 Å². The summed E-state index contributed by atoms with van der Waals surface area (Å²) in [6, 6.07) is 6.64. The van der Waals surface area contributed by atoms with E-state index in [2.05, 4.69) is 58.1 Å². The Balaban J connectivity index is 2.72. The Labute approximate surface area is 111 Å². The monoisotopic (exact) mass is 244 g/mol. The molecule has 1 aromatic carbocycles. The summed E-state index contributed by atoms with van der Waals surface area (Å²) in [7, 11) is 0. The first-order chi connectivity index (χ1) is 8.35. The van der Waals surface area contributed by atoms with Crippen molar-refractivity contribution in [1.29, 1.82) is 5.26 Å². The summed E-state index contributed by atoms with van der Waals surface area (Å²) in [6.45, 7) is 11.7. The third-order valence-electron chi connectivity index (χ3n) is 3.33. The van der Waals surface area contributed by atoms with Crippen LogP contribution in [0.3, 0.4) is 0 Å². The summed E-state index contributed by atoms with van der Waals surface area (Å²) < 4.78 is 0. The highest BCUT2D eigenvalue weighted by Crippen LogP contribution is 2.26. The van der Waals surface area contributed by atoms with Crippen LogP contribution in [0, 0.1) is 37.5 Å². The van der Waals surface area contributed by atoms with Gasteiger partial charge in [-0.2, -0.15) is 5.26 Å². The summed E-state index contributed by atoms with van der Waals surface area (Å²) >= 11 is 0. The van der Waals surface area contributed by atoms with Crippen molar-refractivity contribution < 1.29 is 0 Å². The molecule has 0 atom stereocenters. The zero-order valence-electron chi connectivity index (χ0n) is 12.2. The minimum Gasteiger partial charge on any atom is -0.384 e. The van der Waals surface area contributed by atoms with E-state index in [0.717, 1.165) is 13.0 Å². The molecule has 0 saturated heterocycles. The van der Waals surface area contributed by atoms with Gasteiger partial charge in [-0.1, -0.05) is 31.5 Å². The molecule has 1 rings (SSSR count). The molecule has 0 fully saturated rings. The van der Waals surface area contributed by atoms with E-state index in [-0.39, 0.29) is 5.41 Å². The first-order valence-corrected chi connectivity index (χ1v) is 6.54. The molecule has 0 aromatic heterocycles. The van der Waals surface area contributed by atoms with E-state index in [1.54, 1.807) is 0 Å². The molecular weight excluding hydrogens is 220 g/mol. The van der Waals surface area contributed by atoms with Crippen LogP contribution in [-0.4, -0.2) is 6.54 Å². The zero-order valence-corrected chi connectivity index (χ0v) is 12.2. The molecule has 0 spiro atoms. The van der Waals surface area contributed by atoms with Gasteiger partial charge in [-0.05, 0) is 43.7 Å². The maximum Gasteiger partial charge on any atom is 0.0621 e. The number of nitrogens with one attached hydrogen (secondary N) is 1. The van der Waals surface area contributed by atoms with Gasteiger partial charge in [0.25, 0.3) is 0 Å². The topological polar surface area (TPSA) is 35.8 Å². The van der Waals surface area contributed by atoms with E-state index in [9.17, 15) is 0 Å². The predicted octanol–water partition coefficient (Wildman–Crippen LogP) is 4.35. The molecule has 98 valence electrons. The summed E-state index contributed by atoms with van der Waals surface area (Å²) in [5.74, 6) is 0. The van der Waals surface area contributed by atoms with Crippen LogP contribution < -0.4 is 5.32 Å². The van der Waals surface area contributed by atoms with Gasteiger partial charge in [0, 0.05) is 18.7 Å². The Morgan fingerprint density at radius 1 is 1.17 bits per heavy atom. The largest absolute Gasteiger partial charge is 0.384 e. The van der Waals surface area contributed by atoms with Crippen molar-refractivity contribution in [3.8, 4) is 6.07 Å². The molecule has 1 N–H and O–H groups in total. The Hall–Kier alpha value is -1.49. The third-order valence-corrected chi connectivity index (χ3v) is 3.33. The highest BCUT2D eigenvalue weighted by Gasteiger charge is 2.17. The van der Waals surface area contributed by atoms with Gasteiger partial charge >= 0.3 is 0 Å². The molecule has 0 radical (unpaired) electrons. The second kappa shape index (κ2) is 5.91. The van der Waals surface area contributed by atoms with Crippen molar-refractivity contribution in [2.24, 2.45) is 5.41 Å². The Bertz CT molecular complexity index is 430. The molecule has 0 saturated carbocycles. The van der Waals surface area contributed by atoms with Crippen LogP contribution >= 0.6 is 0 Å². The molecule has 1 aromatic rings. The molecule has 18 heavy (non-hydrogen) atoms. The Morgan fingerprint density at radius 2 is 1.72 bits per heavy atom. The average molecular weight is 244 g/mol. The Kier molecular flexibility index (Phi) is 4.78.